The number of aromatic nitrogens is 1. The third kappa shape index (κ3) is 5.44. The zero-order chi connectivity index (χ0) is 22.3. The van der Waals surface area contributed by atoms with E-state index in [1.807, 2.05) is 24.4 Å². The molecule has 0 saturated heterocycles. The fourth-order valence-electron chi connectivity index (χ4n) is 3.23. The van der Waals surface area contributed by atoms with Crippen molar-refractivity contribution in [2.24, 2.45) is 0 Å². The number of carbonyl (C=O) groups excluding carboxylic acids is 1. The molecule has 0 unspecified atom stereocenters. The number of anilines is 2. The zero-order valence-electron chi connectivity index (χ0n) is 17.1. The standard InChI is InChI=1S/C25H21FN4OS/c26-23-8-4-3-7-22(23)24(31)29-19-9-11-20(12-10-19)30-25(32)27-14-13-21-15-17-5-1-2-6-18(17)16-28-21/h1-12,15-16H,13-14H2,(H,29,31)(H2,27,30,32). The van der Waals surface area contributed by atoms with Gasteiger partial charge in [0, 0.05) is 41.6 Å². The lowest BCUT2D eigenvalue weighted by molar-refractivity contribution is 0.102. The van der Waals surface area contributed by atoms with E-state index in [9.17, 15) is 9.18 Å². The number of hydrogen-bond acceptors (Lipinski definition) is 3. The fourth-order valence-corrected chi connectivity index (χ4v) is 3.45. The third-order valence-electron chi connectivity index (χ3n) is 4.87. The maximum absolute atomic E-state index is 13.7. The van der Waals surface area contributed by atoms with Gasteiger partial charge in [-0.3, -0.25) is 9.78 Å². The first-order chi connectivity index (χ1) is 15.6. The summed E-state index contributed by atoms with van der Waals surface area (Å²) in [6.07, 6.45) is 2.63. The van der Waals surface area contributed by atoms with Crippen molar-refractivity contribution in [2.75, 3.05) is 17.2 Å². The van der Waals surface area contributed by atoms with E-state index in [1.54, 1.807) is 36.4 Å². The molecule has 1 heterocycles. The van der Waals surface area contributed by atoms with Crippen molar-refractivity contribution >= 4 is 45.4 Å². The quantitative estimate of drug-likeness (QED) is 0.359. The van der Waals surface area contributed by atoms with Crippen LogP contribution in [-0.4, -0.2) is 22.5 Å². The van der Waals surface area contributed by atoms with Crippen LogP contribution >= 0.6 is 12.2 Å². The Bertz CT molecular complexity index is 1260. The lowest BCUT2D eigenvalue weighted by Crippen LogP contribution is -2.30. The average molecular weight is 445 g/mol. The first kappa shape index (κ1) is 21.4. The van der Waals surface area contributed by atoms with E-state index in [2.05, 4.69) is 33.1 Å². The van der Waals surface area contributed by atoms with Gasteiger partial charge >= 0.3 is 0 Å². The number of nitrogens with zero attached hydrogens (tertiary/aromatic N) is 1. The van der Waals surface area contributed by atoms with Gasteiger partial charge in [-0.25, -0.2) is 4.39 Å². The monoisotopic (exact) mass is 444 g/mol. The minimum atomic E-state index is -0.557. The molecule has 0 atom stereocenters. The van der Waals surface area contributed by atoms with E-state index in [0.29, 0.717) is 17.3 Å². The summed E-state index contributed by atoms with van der Waals surface area (Å²) in [5.41, 5.74) is 2.33. The number of thiocarbonyl (C=S) groups is 1. The van der Waals surface area contributed by atoms with Gasteiger partial charge < -0.3 is 16.0 Å². The lowest BCUT2D eigenvalue weighted by Gasteiger charge is -2.12. The maximum atomic E-state index is 13.7. The van der Waals surface area contributed by atoms with Crippen LogP contribution < -0.4 is 16.0 Å². The number of halogens is 1. The summed E-state index contributed by atoms with van der Waals surface area (Å²) >= 11 is 5.36. The SMILES string of the molecule is O=C(Nc1ccc(NC(=S)NCCc2cc3ccccc3cn2)cc1)c1ccccc1F. The molecule has 160 valence electrons. The Labute approximate surface area is 190 Å². The average Bonchev–Trinajstić information content (AvgIpc) is 2.80. The Morgan fingerprint density at radius 1 is 0.875 bits per heavy atom. The topological polar surface area (TPSA) is 66.1 Å². The maximum Gasteiger partial charge on any atom is 0.258 e. The summed E-state index contributed by atoms with van der Waals surface area (Å²) in [6, 6.07) is 23.1. The van der Waals surface area contributed by atoms with Crippen LogP contribution in [0.25, 0.3) is 10.8 Å². The van der Waals surface area contributed by atoms with Crippen molar-refractivity contribution in [1.82, 2.24) is 10.3 Å². The van der Waals surface area contributed by atoms with Crippen molar-refractivity contribution in [3.05, 3.63) is 102 Å². The molecule has 4 rings (SSSR count). The molecule has 0 saturated carbocycles. The Morgan fingerprint density at radius 3 is 2.28 bits per heavy atom. The van der Waals surface area contributed by atoms with Gasteiger partial charge in [-0.2, -0.15) is 0 Å². The van der Waals surface area contributed by atoms with Crippen LogP contribution in [-0.2, 0) is 6.42 Å². The molecule has 0 aliphatic carbocycles. The van der Waals surface area contributed by atoms with Crippen molar-refractivity contribution in [1.29, 1.82) is 0 Å². The van der Waals surface area contributed by atoms with Gasteiger partial charge in [0.15, 0.2) is 5.11 Å². The molecule has 0 radical (unpaired) electrons. The summed E-state index contributed by atoms with van der Waals surface area (Å²) in [5, 5.41) is 11.7. The second-order valence-electron chi connectivity index (χ2n) is 7.17. The number of nitrogens with one attached hydrogen (secondary N) is 3. The molecule has 0 spiro atoms. The second kappa shape index (κ2) is 9.98. The number of pyridine rings is 1. The highest BCUT2D eigenvalue weighted by Crippen LogP contribution is 2.16. The number of carbonyl (C=O) groups is 1. The highest BCUT2D eigenvalue weighted by molar-refractivity contribution is 7.80. The third-order valence-corrected chi connectivity index (χ3v) is 5.12. The molecular formula is C25H21FN4OS. The fraction of sp³-hybridized carbons (Fsp3) is 0.0800. The molecule has 1 aromatic heterocycles. The van der Waals surface area contributed by atoms with Gasteiger partial charge in [0.25, 0.3) is 5.91 Å². The van der Waals surface area contributed by atoms with Gasteiger partial charge in [-0.15, -0.1) is 0 Å². The number of benzene rings is 3. The zero-order valence-corrected chi connectivity index (χ0v) is 18.0. The number of amides is 1. The molecule has 0 aliphatic rings. The summed E-state index contributed by atoms with van der Waals surface area (Å²) < 4.78 is 13.7. The van der Waals surface area contributed by atoms with Crippen molar-refractivity contribution in [3.63, 3.8) is 0 Å². The predicted octanol–water partition coefficient (Wildman–Crippen LogP) is 5.16. The van der Waals surface area contributed by atoms with E-state index >= 15 is 0 Å². The summed E-state index contributed by atoms with van der Waals surface area (Å²) in [7, 11) is 0. The van der Waals surface area contributed by atoms with Crippen molar-refractivity contribution in [2.45, 2.75) is 6.42 Å². The van der Waals surface area contributed by atoms with Crippen LogP contribution in [0.2, 0.25) is 0 Å². The van der Waals surface area contributed by atoms with Crippen LogP contribution in [0.1, 0.15) is 16.1 Å². The lowest BCUT2D eigenvalue weighted by atomic mass is 10.1. The first-order valence-corrected chi connectivity index (χ1v) is 10.5. The van der Waals surface area contributed by atoms with Crippen molar-refractivity contribution < 1.29 is 9.18 Å². The molecular weight excluding hydrogens is 423 g/mol. The van der Waals surface area contributed by atoms with E-state index in [0.717, 1.165) is 23.2 Å². The molecule has 0 aliphatic heterocycles. The first-order valence-electron chi connectivity index (χ1n) is 10.1. The Morgan fingerprint density at radius 2 is 1.53 bits per heavy atom. The van der Waals surface area contributed by atoms with Gasteiger partial charge in [-0.1, -0.05) is 36.4 Å². The molecule has 3 aromatic carbocycles. The summed E-state index contributed by atoms with van der Waals surface area (Å²) in [6.45, 7) is 0.647. The van der Waals surface area contributed by atoms with E-state index < -0.39 is 11.7 Å². The number of rotatable bonds is 6. The summed E-state index contributed by atoms with van der Waals surface area (Å²) in [4.78, 5) is 16.7. The van der Waals surface area contributed by atoms with Crippen LogP contribution in [0.4, 0.5) is 15.8 Å². The smallest absolute Gasteiger partial charge is 0.258 e. The molecule has 7 heteroatoms. The van der Waals surface area contributed by atoms with Crippen molar-refractivity contribution in [3.8, 4) is 0 Å². The Balaban J connectivity index is 1.26. The molecule has 5 nitrogen and oxygen atoms in total. The molecule has 3 N–H and O–H groups in total. The molecule has 0 bridgehead atoms. The highest BCUT2D eigenvalue weighted by atomic mass is 32.1. The van der Waals surface area contributed by atoms with Crippen LogP contribution in [0.5, 0.6) is 0 Å². The van der Waals surface area contributed by atoms with Gasteiger partial charge in [0.2, 0.25) is 0 Å². The largest absolute Gasteiger partial charge is 0.362 e. The minimum absolute atomic E-state index is 0.000910. The Hall–Kier alpha value is -3.84. The molecule has 4 aromatic rings. The van der Waals surface area contributed by atoms with Gasteiger partial charge in [0.1, 0.15) is 5.82 Å². The molecule has 32 heavy (non-hydrogen) atoms. The van der Waals surface area contributed by atoms with E-state index in [4.69, 9.17) is 12.2 Å². The molecule has 1 amide bonds. The summed E-state index contributed by atoms with van der Waals surface area (Å²) in [5.74, 6) is -1.05. The minimum Gasteiger partial charge on any atom is -0.362 e. The predicted molar refractivity (Wildman–Crippen MR) is 130 cm³/mol. The van der Waals surface area contributed by atoms with Crippen LogP contribution in [0.15, 0.2) is 85.1 Å². The van der Waals surface area contributed by atoms with Gasteiger partial charge in [0.05, 0.1) is 5.56 Å². The molecule has 0 fully saturated rings. The van der Waals surface area contributed by atoms with Crippen LogP contribution in [0.3, 0.4) is 0 Å². The Kier molecular flexibility index (Phi) is 6.67. The second-order valence-corrected chi connectivity index (χ2v) is 7.57. The van der Waals surface area contributed by atoms with Crippen LogP contribution in [0, 0.1) is 5.82 Å². The normalized spacial score (nSPS) is 10.5. The van der Waals surface area contributed by atoms with Gasteiger partial charge in [-0.05, 0) is 60.1 Å². The number of hydrogen-bond donors (Lipinski definition) is 3. The van der Waals surface area contributed by atoms with E-state index in [1.165, 1.54) is 17.5 Å². The van der Waals surface area contributed by atoms with E-state index in [-0.39, 0.29) is 5.56 Å². The number of fused-ring (bicyclic) bond motifs is 1. The highest BCUT2D eigenvalue weighted by Gasteiger charge is 2.10.